The zero-order chi connectivity index (χ0) is 15.2. The molecule has 1 heterocycles. The molecule has 5 nitrogen and oxygen atoms in total. The lowest BCUT2D eigenvalue weighted by Crippen LogP contribution is -2.21. The minimum atomic E-state index is -0.400. The van der Waals surface area contributed by atoms with Crippen molar-refractivity contribution >= 4 is 17.4 Å². The molecule has 0 aliphatic heterocycles. The van der Waals surface area contributed by atoms with Gasteiger partial charge in [0.05, 0.1) is 4.92 Å². The summed E-state index contributed by atoms with van der Waals surface area (Å²) in [5.41, 5.74) is 1.24. The SMILES string of the molecule is CC(C)NCc1ccc(Sc2ccc([N+](=O)[O-])cc2)nc1. The van der Waals surface area contributed by atoms with Gasteiger partial charge in [0.1, 0.15) is 5.03 Å². The van der Waals surface area contributed by atoms with E-state index in [4.69, 9.17) is 0 Å². The van der Waals surface area contributed by atoms with Gasteiger partial charge in [-0.3, -0.25) is 10.1 Å². The van der Waals surface area contributed by atoms with Gasteiger partial charge < -0.3 is 5.32 Å². The number of nitrogens with one attached hydrogen (secondary N) is 1. The van der Waals surface area contributed by atoms with E-state index in [1.807, 2.05) is 18.3 Å². The van der Waals surface area contributed by atoms with Gasteiger partial charge in [-0.25, -0.2) is 4.98 Å². The third-order valence-corrected chi connectivity index (χ3v) is 3.74. The lowest BCUT2D eigenvalue weighted by molar-refractivity contribution is -0.384. The van der Waals surface area contributed by atoms with Crippen LogP contribution in [0.4, 0.5) is 5.69 Å². The molecule has 6 heteroatoms. The van der Waals surface area contributed by atoms with Crippen LogP contribution in [0.3, 0.4) is 0 Å². The van der Waals surface area contributed by atoms with Crippen molar-refractivity contribution in [1.82, 2.24) is 10.3 Å². The molecule has 0 aliphatic carbocycles. The standard InChI is InChI=1S/C15H17N3O2S/c1-11(2)16-9-12-3-8-15(17-10-12)21-14-6-4-13(5-7-14)18(19)20/h3-8,10-11,16H,9H2,1-2H3. The molecule has 0 saturated heterocycles. The molecule has 0 atom stereocenters. The third kappa shape index (κ3) is 4.84. The Morgan fingerprint density at radius 1 is 1.24 bits per heavy atom. The molecule has 0 saturated carbocycles. The second-order valence-corrected chi connectivity index (χ2v) is 5.99. The Labute approximate surface area is 127 Å². The van der Waals surface area contributed by atoms with E-state index in [1.54, 1.807) is 12.1 Å². The molecule has 0 bridgehead atoms. The summed E-state index contributed by atoms with van der Waals surface area (Å²) in [5, 5.41) is 14.8. The van der Waals surface area contributed by atoms with Crippen molar-refractivity contribution in [2.24, 2.45) is 0 Å². The molecule has 0 spiro atoms. The van der Waals surface area contributed by atoms with Crippen LogP contribution in [0.1, 0.15) is 19.4 Å². The van der Waals surface area contributed by atoms with Crippen molar-refractivity contribution in [3.8, 4) is 0 Å². The van der Waals surface area contributed by atoms with Gasteiger partial charge >= 0.3 is 0 Å². The minimum absolute atomic E-state index is 0.0995. The predicted molar refractivity (Wildman–Crippen MR) is 83.4 cm³/mol. The summed E-state index contributed by atoms with van der Waals surface area (Å²) in [6.07, 6.45) is 1.85. The summed E-state index contributed by atoms with van der Waals surface area (Å²) in [6.45, 7) is 5.01. The largest absolute Gasteiger partial charge is 0.310 e. The third-order valence-electron chi connectivity index (χ3n) is 2.78. The molecular formula is C15H17N3O2S. The second-order valence-electron chi connectivity index (χ2n) is 4.89. The average Bonchev–Trinajstić information content (AvgIpc) is 2.47. The fourth-order valence-corrected chi connectivity index (χ4v) is 2.41. The van der Waals surface area contributed by atoms with E-state index in [-0.39, 0.29) is 5.69 Å². The Morgan fingerprint density at radius 2 is 1.95 bits per heavy atom. The minimum Gasteiger partial charge on any atom is -0.310 e. The number of non-ortho nitro benzene ring substituents is 1. The first kappa shape index (κ1) is 15.5. The highest BCUT2D eigenvalue weighted by Gasteiger charge is 2.05. The van der Waals surface area contributed by atoms with E-state index in [9.17, 15) is 10.1 Å². The van der Waals surface area contributed by atoms with Crippen LogP contribution in [0.25, 0.3) is 0 Å². The van der Waals surface area contributed by atoms with Crippen LogP contribution in [0.2, 0.25) is 0 Å². The zero-order valence-corrected chi connectivity index (χ0v) is 12.8. The van der Waals surface area contributed by atoms with E-state index in [1.165, 1.54) is 23.9 Å². The van der Waals surface area contributed by atoms with E-state index >= 15 is 0 Å². The van der Waals surface area contributed by atoms with Crippen LogP contribution in [0.15, 0.2) is 52.5 Å². The molecule has 0 amide bonds. The van der Waals surface area contributed by atoms with Gasteiger partial charge in [0, 0.05) is 35.8 Å². The van der Waals surface area contributed by atoms with E-state index in [0.29, 0.717) is 6.04 Å². The fraction of sp³-hybridized carbons (Fsp3) is 0.267. The molecule has 0 unspecified atom stereocenters. The number of nitro benzene ring substituents is 1. The van der Waals surface area contributed by atoms with E-state index < -0.39 is 4.92 Å². The van der Waals surface area contributed by atoms with Crippen LogP contribution >= 0.6 is 11.8 Å². The number of pyridine rings is 1. The van der Waals surface area contributed by atoms with Gasteiger partial charge in [0.25, 0.3) is 5.69 Å². The highest BCUT2D eigenvalue weighted by atomic mass is 32.2. The first-order chi connectivity index (χ1) is 10.0. The lowest BCUT2D eigenvalue weighted by atomic mass is 10.2. The molecule has 1 N–H and O–H groups in total. The molecule has 0 aliphatic rings. The van der Waals surface area contributed by atoms with Crippen molar-refractivity contribution in [3.63, 3.8) is 0 Å². The Bertz CT molecular complexity index is 597. The number of hydrogen-bond acceptors (Lipinski definition) is 5. The van der Waals surface area contributed by atoms with Crippen molar-refractivity contribution in [1.29, 1.82) is 0 Å². The lowest BCUT2D eigenvalue weighted by Gasteiger charge is -2.08. The predicted octanol–water partition coefficient (Wildman–Crippen LogP) is 3.64. The Morgan fingerprint density at radius 3 is 2.48 bits per heavy atom. The van der Waals surface area contributed by atoms with Crippen LogP contribution < -0.4 is 5.32 Å². The molecule has 110 valence electrons. The quantitative estimate of drug-likeness (QED) is 0.652. The van der Waals surface area contributed by atoms with Crippen LogP contribution in [0, 0.1) is 10.1 Å². The summed E-state index contributed by atoms with van der Waals surface area (Å²) >= 11 is 1.49. The molecule has 0 radical (unpaired) electrons. The average molecular weight is 303 g/mol. The van der Waals surface area contributed by atoms with E-state index in [2.05, 4.69) is 24.1 Å². The topological polar surface area (TPSA) is 68.1 Å². The smallest absolute Gasteiger partial charge is 0.269 e. The van der Waals surface area contributed by atoms with Crippen LogP contribution in [-0.4, -0.2) is 15.9 Å². The Kier molecular flexibility index (Phi) is 5.30. The van der Waals surface area contributed by atoms with Crippen molar-refractivity contribution < 1.29 is 4.92 Å². The first-order valence-electron chi connectivity index (χ1n) is 6.65. The highest BCUT2D eigenvalue weighted by Crippen LogP contribution is 2.27. The summed E-state index contributed by atoms with van der Waals surface area (Å²) < 4.78 is 0. The first-order valence-corrected chi connectivity index (χ1v) is 7.47. The summed E-state index contributed by atoms with van der Waals surface area (Å²) in [7, 11) is 0. The number of nitrogens with zero attached hydrogens (tertiary/aromatic N) is 2. The molecule has 1 aromatic carbocycles. The van der Waals surface area contributed by atoms with Gasteiger partial charge in [-0.2, -0.15) is 0 Å². The maximum absolute atomic E-state index is 10.6. The van der Waals surface area contributed by atoms with Crippen molar-refractivity contribution in [2.45, 2.75) is 36.4 Å². The Balaban J connectivity index is 1.98. The fourth-order valence-electron chi connectivity index (χ4n) is 1.65. The number of nitro groups is 1. The molecule has 2 rings (SSSR count). The maximum atomic E-state index is 10.6. The van der Waals surface area contributed by atoms with Gasteiger partial charge in [-0.15, -0.1) is 0 Å². The van der Waals surface area contributed by atoms with Gasteiger partial charge in [-0.05, 0) is 23.8 Å². The molecule has 2 aromatic rings. The van der Waals surface area contributed by atoms with Gasteiger partial charge in [-0.1, -0.05) is 31.7 Å². The molecule has 21 heavy (non-hydrogen) atoms. The monoisotopic (exact) mass is 303 g/mol. The molecule has 0 fully saturated rings. The molecule has 1 aromatic heterocycles. The van der Waals surface area contributed by atoms with Crippen molar-refractivity contribution in [3.05, 3.63) is 58.3 Å². The summed E-state index contributed by atoms with van der Waals surface area (Å²) in [6, 6.07) is 10.9. The Hall–Kier alpha value is -1.92. The van der Waals surface area contributed by atoms with Crippen molar-refractivity contribution in [2.75, 3.05) is 0 Å². The normalized spacial score (nSPS) is 10.8. The number of hydrogen-bond donors (Lipinski definition) is 1. The maximum Gasteiger partial charge on any atom is 0.269 e. The number of benzene rings is 1. The highest BCUT2D eigenvalue weighted by molar-refractivity contribution is 7.99. The van der Waals surface area contributed by atoms with Gasteiger partial charge in [0.15, 0.2) is 0 Å². The zero-order valence-electron chi connectivity index (χ0n) is 11.9. The summed E-state index contributed by atoms with van der Waals surface area (Å²) in [4.78, 5) is 15.5. The van der Waals surface area contributed by atoms with Crippen LogP contribution in [0.5, 0.6) is 0 Å². The second kappa shape index (κ2) is 7.19. The summed E-state index contributed by atoms with van der Waals surface area (Å²) in [5.74, 6) is 0. The van der Waals surface area contributed by atoms with E-state index in [0.717, 1.165) is 22.0 Å². The number of aromatic nitrogens is 1. The van der Waals surface area contributed by atoms with Gasteiger partial charge in [0.2, 0.25) is 0 Å². The molecular weight excluding hydrogens is 286 g/mol. The van der Waals surface area contributed by atoms with Crippen LogP contribution in [-0.2, 0) is 6.54 Å². The number of rotatable bonds is 6.